The highest BCUT2D eigenvalue weighted by molar-refractivity contribution is 5.16. The highest BCUT2D eigenvalue weighted by Crippen LogP contribution is 2.71. The van der Waals surface area contributed by atoms with Gasteiger partial charge in [0, 0.05) is 24.4 Å². The predicted molar refractivity (Wildman–Crippen MR) is 153 cm³/mol. The van der Waals surface area contributed by atoms with Gasteiger partial charge in [-0.3, -0.25) is 0 Å². The zero-order valence-electron chi connectivity index (χ0n) is 26.0. The zero-order chi connectivity index (χ0) is 30.5. The molecule has 4 aliphatic carbocycles. The topological polar surface area (TPSA) is 158 Å². The minimum Gasteiger partial charge on any atom is -0.396 e. The second-order valence-corrected chi connectivity index (χ2v) is 15.9. The molecule has 0 unspecified atom stereocenters. The van der Waals surface area contributed by atoms with Crippen molar-refractivity contribution in [1.82, 2.24) is 0 Å². The first-order chi connectivity index (χ1) is 20.5. The second-order valence-electron chi connectivity index (χ2n) is 15.9. The minimum absolute atomic E-state index is 0.0288. The van der Waals surface area contributed by atoms with Crippen LogP contribution in [-0.2, 0) is 18.9 Å². The maximum Gasteiger partial charge on any atom is 0.187 e. The van der Waals surface area contributed by atoms with Gasteiger partial charge in [-0.2, -0.15) is 0 Å². The number of aliphatic hydroxyl groups is 6. The summed E-state index contributed by atoms with van der Waals surface area (Å²) in [4.78, 5) is 0. The molecule has 1 spiro atoms. The summed E-state index contributed by atoms with van der Waals surface area (Å²) in [6.07, 6.45) is 0.110. The average molecular weight is 611 g/mol. The summed E-state index contributed by atoms with van der Waals surface area (Å²) in [6.45, 7) is 7.39. The Hall–Kier alpha value is -0.400. The van der Waals surface area contributed by atoms with E-state index in [-0.39, 0.29) is 24.0 Å². The molecule has 0 amide bonds. The smallest absolute Gasteiger partial charge is 0.187 e. The van der Waals surface area contributed by atoms with Crippen LogP contribution in [0.5, 0.6) is 0 Å². The molecule has 3 heterocycles. The molecule has 43 heavy (non-hydrogen) atoms. The molecule has 0 aromatic rings. The molecule has 7 aliphatic rings. The molecular formula is C33H54O10. The molecular weight excluding hydrogens is 556 g/mol. The van der Waals surface area contributed by atoms with E-state index in [9.17, 15) is 30.6 Å². The SMILES string of the molecule is C[C@H]1CC[C@@]2(OC1)O[C@H]1C[C@H]3[C@@H]4CC[C@@H]5C[C@@H](O[C@@H]6O[C@H](CO)[C@@H](O)[C@H](O)[C@H]6O)[C@@H](O)C[C@]5(CO)[C@H]4CC[C@]3(C)[C@H]1[C@@H]2C. The Morgan fingerprint density at radius 2 is 1.67 bits per heavy atom. The van der Waals surface area contributed by atoms with Crippen molar-refractivity contribution >= 4 is 0 Å². The van der Waals surface area contributed by atoms with Crippen LogP contribution in [0.15, 0.2) is 0 Å². The standard InChI is InChI=1S/C33H54O10/c1-16-6-9-33(40-14-16)17(2)26-24(43-33)11-21-19-5-4-18-10-23(41-30-29(39)28(38)27(37)25(13-34)42-30)22(36)12-32(18,15-35)20(19)7-8-31(21,26)3/h16-30,34-39H,4-15H2,1-3H3/t16-,17-,18+,19+,20-,21-,22-,23+,24-,25+,26-,27+,28-,29+,30+,31-,32+,33+/m0/s1. The zero-order valence-corrected chi connectivity index (χ0v) is 26.0. The molecule has 246 valence electrons. The molecule has 0 aromatic carbocycles. The van der Waals surface area contributed by atoms with E-state index in [4.69, 9.17) is 18.9 Å². The van der Waals surface area contributed by atoms with Gasteiger partial charge in [-0.1, -0.05) is 20.8 Å². The molecule has 7 rings (SSSR count). The van der Waals surface area contributed by atoms with Crippen molar-refractivity contribution in [3.63, 3.8) is 0 Å². The van der Waals surface area contributed by atoms with Gasteiger partial charge in [0.25, 0.3) is 0 Å². The lowest BCUT2D eigenvalue weighted by Crippen LogP contribution is -2.62. The summed E-state index contributed by atoms with van der Waals surface area (Å²) in [5.41, 5.74) is -0.223. The van der Waals surface area contributed by atoms with Crippen LogP contribution in [0.4, 0.5) is 0 Å². The monoisotopic (exact) mass is 610 g/mol. The first-order valence-electron chi connectivity index (χ1n) is 17.0. The summed E-state index contributed by atoms with van der Waals surface area (Å²) in [6, 6.07) is 0. The Balaban J connectivity index is 1.07. The largest absolute Gasteiger partial charge is 0.396 e. The molecule has 3 saturated heterocycles. The summed E-state index contributed by atoms with van der Waals surface area (Å²) in [5.74, 6) is 2.44. The van der Waals surface area contributed by atoms with Gasteiger partial charge in [0.05, 0.1) is 31.5 Å². The van der Waals surface area contributed by atoms with E-state index in [2.05, 4.69) is 20.8 Å². The van der Waals surface area contributed by atoms with Gasteiger partial charge in [-0.05, 0) is 92.3 Å². The van der Waals surface area contributed by atoms with Crippen molar-refractivity contribution in [2.45, 2.75) is 133 Å². The first kappa shape index (κ1) is 31.2. The molecule has 7 fully saturated rings. The Morgan fingerprint density at radius 1 is 0.884 bits per heavy atom. The highest BCUT2D eigenvalue weighted by atomic mass is 16.7. The van der Waals surface area contributed by atoms with Gasteiger partial charge in [0.1, 0.15) is 24.4 Å². The van der Waals surface area contributed by atoms with Crippen LogP contribution in [0.2, 0.25) is 0 Å². The normalized spacial score (nSPS) is 59.8. The van der Waals surface area contributed by atoms with Crippen LogP contribution in [0.1, 0.15) is 78.6 Å². The van der Waals surface area contributed by atoms with E-state index in [0.29, 0.717) is 48.3 Å². The number of rotatable bonds is 4. The van der Waals surface area contributed by atoms with Crippen LogP contribution >= 0.6 is 0 Å². The Labute approximate surface area is 255 Å². The molecule has 3 aliphatic heterocycles. The molecule has 4 saturated carbocycles. The third-order valence-corrected chi connectivity index (χ3v) is 14.1. The van der Waals surface area contributed by atoms with Gasteiger partial charge in [0.15, 0.2) is 12.1 Å². The van der Waals surface area contributed by atoms with E-state index in [0.717, 1.165) is 51.6 Å². The molecule has 0 aromatic heterocycles. The molecule has 0 radical (unpaired) electrons. The summed E-state index contributed by atoms with van der Waals surface area (Å²) >= 11 is 0. The summed E-state index contributed by atoms with van der Waals surface area (Å²) in [7, 11) is 0. The summed E-state index contributed by atoms with van der Waals surface area (Å²) in [5, 5.41) is 63.0. The average Bonchev–Trinajstić information content (AvgIpc) is 3.44. The number of hydrogen-bond acceptors (Lipinski definition) is 10. The molecule has 18 atom stereocenters. The van der Waals surface area contributed by atoms with Gasteiger partial charge < -0.3 is 49.6 Å². The van der Waals surface area contributed by atoms with Crippen molar-refractivity contribution in [1.29, 1.82) is 0 Å². The fourth-order valence-corrected chi connectivity index (χ4v) is 11.8. The van der Waals surface area contributed by atoms with Gasteiger partial charge in [-0.25, -0.2) is 0 Å². The van der Waals surface area contributed by atoms with Crippen molar-refractivity contribution in [2.75, 3.05) is 19.8 Å². The molecule has 0 bridgehead atoms. The number of hydrogen-bond donors (Lipinski definition) is 6. The highest BCUT2D eigenvalue weighted by Gasteiger charge is 2.70. The van der Waals surface area contributed by atoms with E-state index < -0.39 is 60.7 Å². The minimum atomic E-state index is -1.53. The van der Waals surface area contributed by atoms with E-state index >= 15 is 0 Å². The van der Waals surface area contributed by atoms with Gasteiger partial charge in [0.2, 0.25) is 0 Å². The quantitative estimate of drug-likeness (QED) is 0.258. The predicted octanol–water partition coefficient (Wildman–Crippen LogP) is 1.56. The lowest BCUT2D eigenvalue weighted by Gasteiger charge is -2.62. The van der Waals surface area contributed by atoms with Crippen LogP contribution < -0.4 is 0 Å². The molecule has 6 N–H and O–H groups in total. The Bertz CT molecular complexity index is 1020. The Morgan fingerprint density at radius 3 is 2.37 bits per heavy atom. The molecule has 10 nitrogen and oxygen atoms in total. The van der Waals surface area contributed by atoms with Crippen molar-refractivity contribution in [3.05, 3.63) is 0 Å². The van der Waals surface area contributed by atoms with Crippen LogP contribution in [0.3, 0.4) is 0 Å². The lowest BCUT2D eigenvalue weighted by atomic mass is 9.43. The summed E-state index contributed by atoms with van der Waals surface area (Å²) < 4.78 is 25.0. The maximum atomic E-state index is 11.4. The van der Waals surface area contributed by atoms with Crippen LogP contribution in [-0.4, -0.2) is 105 Å². The number of ether oxygens (including phenoxy) is 4. The van der Waals surface area contributed by atoms with E-state index in [1.807, 2.05) is 0 Å². The third-order valence-electron chi connectivity index (χ3n) is 14.1. The fourth-order valence-electron chi connectivity index (χ4n) is 11.8. The van der Waals surface area contributed by atoms with E-state index in [1.54, 1.807) is 0 Å². The lowest BCUT2D eigenvalue weighted by molar-refractivity contribution is -0.325. The maximum absolute atomic E-state index is 11.4. The Kier molecular flexibility index (Phi) is 8.06. The van der Waals surface area contributed by atoms with Crippen molar-refractivity contribution in [3.8, 4) is 0 Å². The van der Waals surface area contributed by atoms with Crippen LogP contribution in [0.25, 0.3) is 0 Å². The fraction of sp³-hybridized carbons (Fsp3) is 1.00. The first-order valence-corrected chi connectivity index (χ1v) is 17.0. The van der Waals surface area contributed by atoms with Gasteiger partial charge in [-0.15, -0.1) is 0 Å². The molecule has 10 heteroatoms. The second kappa shape index (κ2) is 11.1. The van der Waals surface area contributed by atoms with E-state index in [1.165, 1.54) is 0 Å². The number of fused-ring (bicyclic) bond motifs is 7. The van der Waals surface area contributed by atoms with Gasteiger partial charge >= 0.3 is 0 Å². The van der Waals surface area contributed by atoms with Crippen molar-refractivity contribution in [2.24, 2.45) is 52.3 Å². The third kappa shape index (κ3) is 4.56. The van der Waals surface area contributed by atoms with Crippen LogP contribution in [0, 0.1) is 52.3 Å². The number of aliphatic hydroxyl groups excluding tert-OH is 6. The van der Waals surface area contributed by atoms with Crippen molar-refractivity contribution < 1.29 is 49.6 Å².